The number of halogens is 1. The lowest BCUT2D eigenvalue weighted by Crippen LogP contribution is -2.05. The molecule has 2 aromatic carbocycles. The minimum Gasteiger partial charge on any atom is -0.240 e. The van der Waals surface area contributed by atoms with Crippen LogP contribution < -0.4 is 0 Å². The molecule has 0 saturated carbocycles. The van der Waals surface area contributed by atoms with Crippen LogP contribution in [0, 0.1) is 5.82 Å². The van der Waals surface area contributed by atoms with Crippen LogP contribution in [-0.2, 0) is 15.6 Å². The van der Waals surface area contributed by atoms with Gasteiger partial charge >= 0.3 is 0 Å². The Hall–Kier alpha value is -2.05. The van der Waals surface area contributed by atoms with Gasteiger partial charge in [-0.1, -0.05) is 30.3 Å². The molecule has 112 valence electrons. The largest absolute Gasteiger partial charge is 0.240 e. The van der Waals surface area contributed by atoms with Gasteiger partial charge in [-0.05, 0) is 24.3 Å². The third kappa shape index (κ3) is 3.08. The van der Waals surface area contributed by atoms with Gasteiger partial charge in [-0.15, -0.1) is 11.3 Å². The number of benzene rings is 2. The molecule has 0 aliphatic carbocycles. The molecule has 0 fully saturated rings. The van der Waals surface area contributed by atoms with Crippen molar-refractivity contribution in [2.45, 2.75) is 10.6 Å². The molecule has 0 saturated heterocycles. The topological polar surface area (TPSA) is 47.0 Å². The normalized spacial score (nSPS) is 11.5. The van der Waals surface area contributed by atoms with E-state index in [1.165, 1.54) is 17.4 Å². The van der Waals surface area contributed by atoms with E-state index in [1.807, 2.05) is 0 Å². The summed E-state index contributed by atoms with van der Waals surface area (Å²) in [7, 11) is -3.44. The van der Waals surface area contributed by atoms with E-state index in [9.17, 15) is 12.8 Å². The average Bonchev–Trinajstić information content (AvgIpc) is 2.96. The molecule has 0 spiro atoms. The Morgan fingerprint density at radius 2 is 1.68 bits per heavy atom. The predicted molar refractivity (Wildman–Crippen MR) is 84.8 cm³/mol. The second kappa shape index (κ2) is 5.98. The number of aromatic nitrogens is 1. The molecule has 6 heteroatoms. The highest BCUT2D eigenvalue weighted by Crippen LogP contribution is 2.27. The van der Waals surface area contributed by atoms with Crippen LogP contribution in [0.15, 0.2) is 64.9 Å². The highest BCUT2D eigenvalue weighted by atomic mass is 32.2. The molecule has 0 unspecified atom stereocenters. The standard InChI is InChI=1S/C16H12FNO2S2/c17-15-9-5-4-8-14(15)16-18-12(10-21-16)11-22(19,20)13-6-2-1-3-7-13/h1-10H,11H2. The summed E-state index contributed by atoms with van der Waals surface area (Å²) in [6.45, 7) is 0. The molecule has 0 amide bonds. The second-order valence-corrected chi connectivity index (χ2v) is 7.54. The maximum Gasteiger partial charge on any atom is 0.184 e. The Morgan fingerprint density at radius 1 is 1.00 bits per heavy atom. The van der Waals surface area contributed by atoms with E-state index in [1.54, 1.807) is 53.9 Å². The Bertz CT molecular complexity index is 889. The highest BCUT2D eigenvalue weighted by Gasteiger charge is 2.18. The maximum atomic E-state index is 13.7. The van der Waals surface area contributed by atoms with Crippen LogP contribution in [0.4, 0.5) is 4.39 Å². The first-order valence-electron chi connectivity index (χ1n) is 6.53. The zero-order chi connectivity index (χ0) is 15.6. The Balaban J connectivity index is 1.88. The Kier molecular flexibility index (Phi) is 4.04. The molecule has 0 radical (unpaired) electrons. The van der Waals surface area contributed by atoms with Crippen LogP contribution >= 0.6 is 11.3 Å². The number of hydrogen-bond acceptors (Lipinski definition) is 4. The van der Waals surface area contributed by atoms with Crippen molar-refractivity contribution in [2.75, 3.05) is 0 Å². The van der Waals surface area contributed by atoms with Gasteiger partial charge in [-0.2, -0.15) is 0 Å². The van der Waals surface area contributed by atoms with Crippen molar-refractivity contribution < 1.29 is 12.8 Å². The van der Waals surface area contributed by atoms with Crippen molar-refractivity contribution in [2.24, 2.45) is 0 Å². The SMILES string of the molecule is O=S(=O)(Cc1csc(-c2ccccc2F)n1)c1ccccc1. The van der Waals surface area contributed by atoms with Crippen LogP contribution in [0.1, 0.15) is 5.69 Å². The first-order chi connectivity index (χ1) is 10.6. The van der Waals surface area contributed by atoms with E-state index in [0.29, 0.717) is 16.3 Å². The van der Waals surface area contributed by atoms with E-state index >= 15 is 0 Å². The van der Waals surface area contributed by atoms with Gasteiger partial charge in [0.2, 0.25) is 0 Å². The van der Waals surface area contributed by atoms with E-state index < -0.39 is 9.84 Å². The molecule has 1 aromatic heterocycles. The van der Waals surface area contributed by atoms with E-state index in [4.69, 9.17) is 0 Å². The van der Waals surface area contributed by atoms with Gasteiger partial charge in [-0.25, -0.2) is 17.8 Å². The van der Waals surface area contributed by atoms with Crippen molar-refractivity contribution in [1.29, 1.82) is 0 Å². The van der Waals surface area contributed by atoms with Crippen LogP contribution in [0.25, 0.3) is 10.6 Å². The predicted octanol–water partition coefficient (Wildman–Crippen LogP) is 3.92. The summed E-state index contributed by atoms with van der Waals surface area (Å²) in [4.78, 5) is 4.51. The maximum absolute atomic E-state index is 13.7. The molecule has 3 aromatic rings. The highest BCUT2D eigenvalue weighted by molar-refractivity contribution is 7.90. The Morgan fingerprint density at radius 3 is 2.41 bits per heavy atom. The second-order valence-electron chi connectivity index (χ2n) is 4.70. The molecule has 1 heterocycles. The number of rotatable bonds is 4. The average molecular weight is 333 g/mol. The molecule has 3 rings (SSSR count). The van der Waals surface area contributed by atoms with Gasteiger partial charge in [0.05, 0.1) is 16.3 Å². The Labute approximate surface area is 132 Å². The van der Waals surface area contributed by atoms with Crippen LogP contribution in [0.3, 0.4) is 0 Å². The van der Waals surface area contributed by atoms with E-state index in [0.717, 1.165) is 0 Å². The smallest absolute Gasteiger partial charge is 0.184 e. The van der Waals surface area contributed by atoms with Crippen LogP contribution in [0.2, 0.25) is 0 Å². The van der Waals surface area contributed by atoms with E-state index in [2.05, 4.69) is 4.98 Å². The fourth-order valence-electron chi connectivity index (χ4n) is 2.04. The number of hydrogen-bond donors (Lipinski definition) is 0. The van der Waals surface area contributed by atoms with Crippen molar-refractivity contribution in [3.8, 4) is 10.6 Å². The van der Waals surface area contributed by atoms with Crippen molar-refractivity contribution in [1.82, 2.24) is 4.98 Å². The molecule has 0 atom stereocenters. The summed E-state index contributed by atoms with van der Waals surface area (Å²) < 4.78 is 38.3. The summed E-state index contributed by atoms with van der Waals surface area (Å²) >= 11 is 1.24. The minimum absolute atomic E-state index is 0.192. The minimum atomic E-state index is -3.44. The van der Waals surface area contributed by atoms with Crippen molar-refractivity contribution >= 4 is 21.2 Å². The zero-order valence-corrected chi connectivity index (χ0v) is 13.1. The molecule has 22 heavy (non-hydrogen) atoms. The summed E-state index contributed by atoms with van der Waals surface area (Å²) in [5, 5.41) is 2.14. The number of sulfone groups is 1. The summed E-state index contributed by atoms with van der Waals surface area (Å²) in [6.07, 6.45) is 0. The lowest BCUT2D eigenvalue weighted by atomic mass is 10.2. The summed E-state index contributed by atoms with van der Waals surface area (Å²) in [6, 6.07) is 14.5. The molecule has 0 aliphatic heterocycles. The number of thiazole rings is 1. The third-order valence-corrected chi connectivity index (χ3v) is 5.69. The van der Waals surface area contributed by atoms with Gasteiger partial charge in [0.25, 0.3) is 0 Å². The van der Waals surface area contributed by atoms with Crippen LogP contribution in [-0.4, -0.2) is 13.4 Å². The fraction of sp³-hybridized carbons (Fsp3) is 0.0625. The van der Waals surface area contributed by atoms with Gasteiger partial charge in [0.15, 0.2) is 9.84 Å². The van der Waals surface area contributed by atoms with E-state index in [-0.39, 0.29) is 16.5 Å². The third-order valence-electron chi connectivity index (χ3n) is 3.10. The quantitative estimate of drug-likeness (QED) is 0.727. The first kappa shape index (κ1) is 14.9. The molecule has 0 aliphatic rings. The van der Waals surface area contributed by atoms with Crippen LogP contribution in [0.5, 0.6) is 0 Å². The van der Waals surface area contributed by atoms with Crippen molar-refractivity contribution in [3.05, 3.63) is 71.5 Å². The van der Waals surface area contributed by atoms with Gasteiger partial charge in [0, 0.05) is 10.9 Å². The lowest BCUT2D eigenvalue weighted by molar-refractivity contribution is 0.595. The van der Waals surface area contributed by atoms with Gasteiger partial charge in [-0.3, -0.25) is 0 Å². The fourth-order valence-corrected chi connectivity index (χ4v) is 4.26. The molecule has 0 bridgehead atoms. The van der Waals surface area contributed by atoms with Gasteiger partial charge in [0.1, 0.15) is 10.8 Å². The first-order valence-corrected chi connectivity index (χ1v) is 9.06. The molecule has 0 N–H and O–H groups in total. The summed E-state index contributed by atoms with van der Waals surface area (Å²) in [5.41, 5.74) is 0.808. The number of nitrogens with zero attached hydrogens (tertiary/aromatic N) is 1. The summed E-state index contributed by atoms with van der Waals surface area (Å²) in [5.74, 6) is -0.559. The molecular weight excluding hydrogens is 321 g/mol. The molecule has 3 nitrogen and oxygen atoms in total. The molecular formula is C16H12FNO2S2. The van der Waals surface area contributed by atoms with Crippen molar-refractivity contribution in [3.63, 3.8) is 0 Å². The van der Waals surface area contributed by atoms with Gasteiger partial charge < -0.3 is 0 Å². The lowest BCUT2D eigenvalue weighted by Gasteiger charge is -2.02. The monoisotopic (exact) mass is 333 g/mol. The zero-order valence-electron chi connectivity index (χ0n) is 11.4.